The van der Waals surface area contributed by atoms with Crippen molar-refractivity contribution in [3.63, 3.8) is 0 Å². The third-order valence-corrected chi connectivity index (χ3v) is 5.56. The van der Waals surface area contributed by atoms with Crippen LogP contribution in [0.1, 0.15) is 36.8 Å². The Morgan fingerprint density at radius 2 is 1.78 bits per heavy atom. The summed E-state index contributed by atoms with van der Waals surface area (Å²) in [7, 11) is 0. The van der Waals surface area contributed by atoms with E-state index in [9.17, 15) is 23.1 Å². The highest BCUT2D eigenvalue weighted by Gasteiger charge is 2.30. The molecular formula is C20H20ClF3O2S. The number of carbonyl (C=O) groups is 1. The number of hydrogen-bond acceptors (Lipinski definition) is 2. The van der Waals surface area contributed by atoms with Gasteiger partial charge in [0.15, 0.2) is 0 Å². The smallest absolute Gasteiger partial charge is 0.416 e. The van der Waals surface area contributed by atoms with Gasteiger partial charge in [0, 0.05) is 9.92 Å². The normalized spacial score (nSPS) is 12.7. The fraction of sp³-hybridized carbons (Fsp3) is 0.350. The number of aryl methyl sites for hydroxylation is 1. The van der Waals surface area contributed by atoms with Crippen LogP contribution in [0.4, 0.5) is 13.2 Å². The zero-order valence-corrected chi connectivity index (χ0v) is 16.1. The number of hydrogen-bond donors (Lipinski definition) is 1. The van der Waals surface area contributed by atoms with Crippen molar-refractivity contribution in [2.45, 2.75) is 48.4 Å². The quantitative estimate of drug-likeness (QED) is 0.364. The monoisotopic (exact) mass is 416 g/mol. The molecule has 0 saturated carbocycles. The lowest BCUT2D eigenvalue weighted by Gasteiger charge is -2.13. The summed E-state index contributed by atoms with van der Waals surface area (Å²) in [6.07, 6.45) is -0.655. The van der Waals surface area contributed by atoms with Crippen LogP contribution in [0.5, 0.6) is 0 Å². The predicted octanol–water partition coefficient (Wildman–Crippen LogP) is 6.71. The van der Waals surface area contributed by atoms with Crippen molar-refractivity contribution in [3.05, 3.63) is 64.7 Å². The molecule has 0 aliphatic carbocycles. The third-order valence-electron chi connectivity index (χ3n) is 4.06. The highest BCUT2D eigenvalue weighted by molar-refractivity contribution is 8.00. The molecule has 0 aliphatic rings. The first-order chi connectivity index (χ1) is 12.8. The van der Waals surface area contributed by atoms with Gasteiger partial charge in [-0.05, 0) is 55.2 Å². The molecule has 0 fully saturated rings. The second kappa shape index (κ2) is 10.0. The molecule has 1 unspecified atom stereocenters. The molecule has 7 heteroatoms. The van der Waals surface area contributed by atoms with E-state index in [4.69, 9.17) is 11.6 Å². The van der Waals surface area contributed by atoms with Crippen LogP contribution in [0.2, 0.25) is 5.02 Å². The Hall–Kier alpha value is -1.66. The zero-order chi connectivity index (χ0) is 19.9. The Morgan fingerprint density at radius 3 is 2.41 bits per heavy atom. The summed E-state index contributed by atoms with van der Waals surface area (Å²) < 4.78 is 38.3. The van der Waals surface area contributed by atoms with E-state index in [0.29, 0.717) is 22.8 Å². The number of thioether (sulfide) groups is 1. The van der Waals surface area contributed by atoms with Crippen molar-refractivity contribution in [2.24, 2.45) is 0 Å². The van der Waals surface area contributed by atoms with Gasteiger partial charge in [0.25, 0.3) is 0 Å². The van der Waals surface area contributed by atoms with Crippen LogP contribution < -0.4 is 0 Å². The van der Waals surface area contributed by atoms with Gasteiger partial charge in [-0.25, -0.2) is 0 Å². The van der Waals surface area contributed by atoms with Crippen LogP contribution in [0.15, 0.2) is 53.4 Å². The lowest BCUT2D eigenvalue weighted by molar-refractivity contribution is -0.138. The minimum absolute atomic E-state index is 0.318. The molecule has 2 aromatic carbocycles. The van der Waals surface area contributed by atoms with Gasteiger partial charge in [-0.15, -0.1) is 11.8 Å². The van der Waals surface area contributed by atoms with Crippen LogP contribution in [0, 0.1) is 0 Å². The van der Waals surface area contributed by atoms with Crippen molar-refractivity contribution in [3.8, 4) is 0 Å². The average molecular weight is 417 g/mol. The molecule has 0 amide bonds. The van der Waals surface area contributed by atoms with E-state index in [1.165, 1.54) is 17.7 Å². The highest BCUT2D eigenvalue weighted by Crippen LogP contribution is 2.34. The molecule has 2 nitrogen and oxygen atoms in total. The topological polar surface area (TPSA) is 37.3 Å². The molecule has 1 atom stereocenters. The molecule has 1 N–H and O–H groups in total. The SMILES string of the molecule is O=C(O)C(CCCCCc1ccc(Cl)cc1)Sc1cccc(C(F)(F)F)c1. The molecule has 2 rings (SSSR count). The summed E-state index contributed by atoms with van der Waals surface area (Å²) in [6.45, 7) is 0. The number of halogens is 4. The van der Waals surface area contributed by atoms with E-state index >= 15 is 0 Å². The molecule has 0 aliphatic heterocycles. The van der Waals surface area contributed by atoms with Crippen LogP contribution in [0.3, 0.4) is 0 Å². The van der Waals surface area contributed by atoms with Gasteiger partial charge in [-0.3, -0.25) is 4.79 Å². The fourth-order valence-electron chi connectivity index (χ4n) is 2.63. The maximum Gasteiger partial charge on any atom is 0.416 e. The third kappa shape index (κ3) is 7.46. The summed E-state index contributed by atoms with van der Waals surface area (Å²) in [6, 6.07) is 12.4. The Kier molecular flexibility index (Phi) is 8.05. The van der Waals surface area contributed by atoms with E-state index in [0.717, 1.165) is 43.2 Å². The van der Waals surface area contributed by atoms with Crippen LogP contribution in [-0.2, 0) is 17.4 Å². The van der Waals surface area contributed by atoms with E-state index in [2.05, 4.69) is 0 Å². The lowest BCUT2D eigenvalue weighted by atomic mass is 10.1. The van der Waals surface area contributed by atoms with Gasteiger partial charge in [0.05, 0.1) is 5.56 Å². The van der Waals surface area contributed by atoms with Gasteiger partial charge in [-0.2, -0.15) is 13.2 Å². The largest absolute Gasteiger partial charge is 0.480 e. The Balaban J connectivity index is 1.82. The molecule has 27 heavy (non-hydrogen) atoms. The molecule has 0 spiro atoms. The average Bonchev–Trinajstić information content (AvgIpc) is 2.61. The van der Waals surface area contributed by atoms with Crippen molar-refractivity contribution >= 4 is 29.3 Å². The second-order valence-electron chi connectivity index (χ2n) is 6.20. The molecule has 146 valence electrons. The van der Waals surface area contributed by atoms with Crippen molar-refractivity contribution in [1.82, 2.24) is 0 Å². The van der Waals surface area contributed by atoms with Crippen molar-refractivity contribution in [1.29, 1.82) is 0 Å². The Bertz CT molecular complexity index is 748. The van der Waals surface area contributed by atoms with E-state index in [1.807, 2.05) is 24.3 Å². The molecule has 0 radical (unpaired) electrons. The number of carboxylic acid groups (broad SMARTS) is 1. The number of carboxylic acids is 1. The minimum Gasteiger partial charge on any atom is -0.480 e. The van der Waals surface area contributed by atoms with E-state index < -0.39 is 23.0 Å². The molecule has 2 aromatic rings. The molecule has 0 saturated heterocycles. The van der Waals surface area contributed by atoms with E-state index in [-0.39, 0.29) is 0 Å². The zero-order valence-electron chi connectivity index (χ0n) is 14.5. The highest BCUT2D eigenvalue weighted by atomic mass is 35.5. The van der Waals surface area contributed by atoms with Gasteiger partial charge in [-0.1, -0.05) is 42.6 Å². The standard InChI is InChI=1S/C20H20ClF3O2S/c21-16-11-9-14(10-12-16)5-2-1-3-8-18(19(25)26)27-17-7-4-6-15(13-17)20(22,23)24/h4,6-7,9-13,18H,1-3,5,8H2,(H,25,26). The fourth-order valence-corrected chi connectivity index (χ4v) is 3.82. The Morgan fingerprint density at radius 1 is 1.07 bits per heavy atom. The number of aliphatic carboxylic acids is 1. The van der Waals surface area contributed by atoms with Gasteiger partial charge < -0.3 is 5.11 Å². The summed E-state index contributed by atoms with van der Waals surface area (Å²) in [5, 5.41) is 9.30. The van der Waals surface area contributed by atoms with Gasteiger partial charge >= 0.3 is 12.1 Å². The number of rotatable bonds is 9. The number of unbranched alkanes of at least 4 members (excludes halogenated alkanes) is 2. The summed E-state index contributed by atoms with van der Waals surface area (Å²) in [5.41, 5.74) is 0.409. The van der Waals surface area contributed by atoms with E-state index in [1.54, 1.807) is 0 Å². The van der Waals surface area contributed by atoms with Gasteiger partial charge in [0.1, 0.15) is 5.25 Å². The maximum absolute atomic E-state index is 12.8. The van der Waals surface area contributed by atoms with Crippen molar-refractivity contribution < 1.29 is 23.1 Å². The molecular weight excluding hydrogens is 397 g/mol. The minimum atomic E-state index is -4.43. The molecule has 0 heterocycles. The maximum atomic E-state index is 12.8. The lowest BCUT2D eigenvalue weighted by Crippen LogP contribution is -2.16. The Labute approximate surface area is 165 Å². The van der Waals surface area contributed by atoms with Crippen LogP contribution in [-0.4, -0.2) is 16.3 Å². The first-order valence-corrected chi connectivity index (χ1v) is 9.82. The summed E-state index contributed by atoms with van der Waals surface area (Å²) in [5.74, 6) is -1.00. The number of benzene rings is 2. The summed E-state index contributed by atoms with van der Waals surface area (Å²) >= 11 is 6.81. The predicted molar refractivity (Wildman–Crippen MR) is 102 cm³/mol. The first kappa shape index (κ1) is 21.6. The van der Waals surface area contributed by atoms with Crippen molar-refractivity contribution in [2.75, 3.05) is 0 Å². The van der Waals surface area contributed by atoms with Crippen LogP contribution >= 0.6 is 23.4 Å². The van der Waals surface area contributed by atoms with Gasteiger partial charge in [0.2, 0.25) is 0 Å². The number of alkyl halides is 3. The first-order valence-electron chi connectivity index (χ1n) is 8.57. The molecule has 0 bridgehead atoms. The second-order valence-corrected chi connectivity index (χ2v) is 7.91. The summed E-state index contributed by atoms with van der Waals surface area (Å²) in [4.78, 5) is 11.8. The van der Waals surface area contributed by atoms with Crippen LogP contribution in [0.25, 0.3) is 0 Å². The molecule has 0 aromatic heterocycles.